The standard InChI is InChI=1S/C13H24N2O/c14-15-12(10-3-1-4-10)11-5-8-16-13(9-11)6-2-7-13/h10-12,15H,1-9,14H2. The smallest absolute Gasteiger partial charge is 0.0685 e. The van der Waals surface area contributed by atoms with Crippen LogP contribution in [-0.2, 0) is 4.74 Å². The van der Waals surface area contributed by atoms with E-state index in [1.165, 1.54) is 51.4 Å². The Hall–Kier alpha value is -0.120. The first-order valence-corrected chi connectivity index (χ1v) is 6.93. The first-order chi connectivity index (χ1) is 7.83. The number of nitrogens with two attached hydrogens (primary N) is 1. The second-order valence-electron chi connectivity index (χ2n) is 6.02. The van der Waals surface area contributed by atoms with Gasteiger partial charge in [0, 0.05) is 12.6 Å². The van der Waals surface area contributed by atoms with Crippen molar-refractivity contribution in [2.24, 2.45) is 17.7 Å². The van der Waals surface area contributed by atoms with E-state index in [-0.39, 0.29) is 5.60 Å². The van der Waals surface area contributed by atoms with E-state index in [0.29, 0.717) is 6.04 Å². The van der Waals surface area contributed by atoms with Crippen molar-refractivity contribution >= 4 is 0 Å². The number of nitrogens with one attached hydrogen (secondary N) is 1. The van der Waals surface area contributed by atoms with E-state index in [1.807, 2.05) is 0 Å². The van der Waals surface area contributed by atoms with Crippen molar-refractivity contribution in [1.82, 2.24) is 5.43 Å². The molecule has 0 aromatic carbocycles. The van der Waals surface area contributed by atoms with Gasteiger partial charge in [0.05, 0.1) is 5.60 Å². The minimum Gasteiger partial charge on any atom is -0.375 e. The molecule has 2 aliphatic carbocycles. The Balaban J connectivity index is 1.63. The second-order valence-corrected chi connectivity index (χ2v) is 6.02. The van der Waals surface area contributed by atoms with Crippen LogP contribution in [0.5, 0.6) is 0 Å². The van der Waals surface area contributed by atoms with Crippen molar-refractivity contribution in [2.75, 3.05) is 6.61 Å². The zero-order chi connectivity index (χ0) is 11.0. The maximum Gasteiger partial charge on any atom is 0.0685 e. The average Bonchev–Trinajstić information content (AvgIpc) is 2.21. The molecule has 1 heterocycles. The lowest BCUT2D eigenvalue weighted by Gasteiger charge is -2.50. The maximum atomic E-state index is 5.99. The van der Waals surface area contributed by atoms with Gasteiger partial charge in [0.1, 0.15) is 0 Å². The number of rotatable bonds is 3. The molecule has 3 aliphatic rings. The van der Waals surface area contributed by atoms with Gasteiger partial charge >= 0.3 is 0 Å². The zero-order valence-electron chi connectivity index (χ0n) is 10.1. The van der Waals surface area contributed by atoms with Crippen molar-refractivity contribution in [3.63, 3.8) is 0 Å². The van der Waals surface area contributed by atoms with Gasteiger partial charge in [0.2, 0.25) is 0 Å². The van der Waals surface area contributed by atoms with Crippen molar-refractivity contribution in [3.05, 3.63) is 0 Å². The molecule has 0 radical (unpaired) electrons. The van der Waals surface area contributed by atoms with Crippen molar-refractivity contribution < 1.29 is 4.74 Å². The third-order valence-electron chi connectivity index (χ3n) is 5.15. The van der Waals surface area contributed by atoms with E-state index >= 15 is 0 Å². The molecule has 0 bridgehead atoms. The summed E-state index contributed by atoms with van der Waals surface area (Å²) in [5.74, 6) is 7.36. The molecule has 1 saturated heterocycles. The molecule has 0 aromatic heterocycles. The molecule has 1 spiro atoms. The Kier molecular flexibility index (Phi) is 2.94. The minimum atomic E-state index is 0.266. The summed E-state index contributed by atoms with van der Waals surface area (Å²) < 4.78 is 5.99. The average molecular weight is 224 g/mol. The molecule has 2 saturated carbocycles. The molecule has 2 atom stereocenters. The van der Waals surface area contributed by atoms with Crippen LogP contribution in [0, 0.1) is 11.8 Å². The fourth-order valence-electron chi connectivity index (χ4n) is 3.75. The highest BCUT2D eigenvalue weighted by molar-refractivity contribution is 4.98. The van der Waals surface area contributed by atoms with E-state index in [0.717, 1.165) is 18.4 Å². The molecule has 3 rings (SSSR count). The molecule has 0 amide bonds. The largest absolute Gasteiger partial charge is 0.375 e. The molecule has 2 unspecified atom stereocenters. The Bertz CT molecular complexity index is 248. The van der Waals surface area contributed by atoms with Crippen molar-refractivity contribution in [3.8, 4) is 0 Å². The van der Waals surface area contributed by atoms with Gasteiger partial charge in [0.15, 0.2) is 0 Å². The minimum absolute atomic E-state index is 0.266. The quantitative estimate of drug-likeness (QED) is 0.569. The number of hydrogen-bond acceptors (Lipinski definition) is 3. The highest BCUT2D eigenvalue weighted by Crippen LogP contribution is 2.47. The summed E-state index contributed by atoms with van der Waals surface area (Å²) in [6.07, 6.45) is 10.5. The third kappa shape index (κ3) is 1.79. The van der Waals surface area contributed by atoms with Gasteiger partial charge in [-0.2, -0.15) is 0 Å². The van der Waals surface area contributed by atoms with E-state index in [9.17, 15) is 0 Å². The predicted octanol–water partition coefficient (Wildman–Crippen LogP) is 1.97. The molecular weight excluding hydrogens is 200 g/mol. The molecule has 0 aromatic rings. The summed E-state index contributed by atoms with van der Waals surface area (Å²) in [5, 5.41) is 0. The third-order valence-corrected chi connectivity index (χ3v) is 5.15. The molecule has 3 nitrogen and oxygen atoms in total. The molecule has 1 aliphatic heterocycles. The summed E-state index contributed by atoms with van der Waals surface area (Å²) in [4.78, 5) is 0. The topological polar surface area (TPSA) is 47.3 Å². The van der Waals surface area contributed by atoms with Crippen LogP contribution < -0.4 is 11.3 Å². The van der Waals surface area contributed by atoms with Crippen LogP contribution in [0.3, 0.4) is 0 Å². The summed E-state index contributed by atoms with van der Waals surface area (Å²) >= 11 is 0. The number of ether oxygens (including phenoxy) is 1. The van der Waals surface area contributed by atoms with E-state index in [1.54, 1.807) is 0 Å². The predicted molar refractivity (Wildman–Crippen MR) is 63.7 cm³/mol. The van der Waals surface area contributed by atoms with E-state index < -0.39 is 0 Å². The van der Waals surface area contributed by atoms with E-state index in [4.69, 9.17) is 10.6 Å². The van der Waals surface area contributed by atoms with Crippen LogP contribution in [0.1, 0.15) is 51.4 Å². The lowest BCUT2D eigenvalue weighted by atomic mass is 9.66. The first-order valence-electron chi connectivity index (χ1n) is 6.93. The highest BCUT2D eigenvalue weighted by Gasteiger charge is 2.45. The summed E-state index contributed by atoms with van der Waals surface area (Å²) in [6, 6.07) is 0.551. The summed E-state index contributed by atoms with van der Waals surface area (Å²) in [7, 11) is 0. The van der Waals surface area contributed by atoms with Crippen LogP contribution in [0.15, 0.2) is 0 Å². The second kappa shape index (κ2) is 4.28. The maximum absolute atomic E-state index is 5.99. The van der Waals surface area contributed by atoms with Crippen molar-refractivity contribution in [1.29, 1.82) is 0 Å². The SMILES string of the molecule is NNC(C1CCC1)C1CCOC2(CCC2)C1. The molecule has 3 N–H and O–H groups in total. The molecule has 3 heteroatoms. The van der Waals surface area contributed by atoms with Gasteiger partial charge in [-0.3, -0.25) is 11.3 Å². The molecular formula is C13H24N2O. The van der Waals surface area contributed by atoms with Gasteiger partial charge in [0.25, 0.3) is 0 Å². The Labute approximate surface area is 98.1 Å². The van der Waals surface area contributed by atoms with Gasteiger partial charge < -0.3 is 4.74 Å². The summed E-state index contributed by atoms with van der Waals surface area (Å²) in [5.41, 5.74) is 3.37. The summed E-state index contributed by atoms with van der Waals surface area (Å²) in [6.45, 7) is 0.954. The van der Waals surface area contributed by atoms with Gasteiger partial charge in [-0.1, -0.05) is 6.42 Å². The van der Waals surface area contributed by atoms with Gasteiger partial charge in [-0.05, 0) is 56.8 Å². The Morgan fingerprint density at radius 1 is 1.12 bits per heavy atom. The molecule has 16 heavy (non-hydrogen) atoms. The zero-order valence-corrected chi connectivity index (χ0v) is 10.1. The number of hydrogen-bond donors (Lipinski definition) is 2. The van der Waals surface area contributed by atoms with Crippen LogP contribution in [0.25, 0.3) is 0 Å². The van der Waals surface area contributed by atoms with Crippen LogP contribution in [-0.4, -0.2) is 18.2 Å². The van der Waals surface area contributed by atoms with E-state index in [2.05, 4.69) is 5.43 Å². The van der Waals surface area contributed by atoms with Crippen LogP contribution >= 0.6 is 0 Å². The Morgan fingerprint density at radius 3 is 2.44 bits per heavy atom. The van der Waals surface area contributed by atoms with Crippen LogP contribution in [0.4, 0.5) is 0 Å². The first kappa shape index (κ1) is 11.0. The van der Waals surface area contributed by atoms with Gasteiger partial charge in [-0.15, -0.1) is 0 Å². The lowest BCUT2D eigenvalue weighted by Crippen LogP contribution is -2.54. The fourth-order valence-corrected chi connectivity index (χ4v) is 3.75. The monoisotopic (exact) mass is 224 g/mol. The Morgan fingerprint density at radius 2 is 1.94 bits per heavy atom. The lowest BCUT2D eigenvalue weighted by molar-refractivity contribution is -0.150. The van der Waals surface area contributed by atoms with Crippen LogP contribution in [0.2, 0.25) is 0 Å². The molecule has 3 fully saturated rings. The van der Waals surface area contributed by atoms with Gasteiger partial charge in [-0.25, -0.2) is 0 Å². The number of hydrazine groups is 1. The molecule has 92 valence electrons. The normalized spacial score (nSPS) is 35.4. The fraction of sp³-hybridized carbons (Fsp3) is 1.00. The highest BCUT2D eigenvalue weighted by atomic mass is 16.5. The van der Waals surface area contributed by atoms with Crippen molar-refractivity contribution in [2.45, 2.75) is 63.0 Å².